The molecule has 0 bridgehead atoms. The largest absolute Gasteiger partial charge is 0.493 e. The van der Waals surface area contributed by atoms with Gasteiger partial charge in [0.05, 0.1) is 18.7 Å². The number of benzene rings is 1. The zero-order valence-corrected chi connectivity index (χ0v) is 9.10. The summed E-state index contributed by atoms with van der Waals surface area (Å²) in [5.74, 6) is 1.22. The van der Waals surface area contributed by atoms with Crippen molar-refractivity contribution in [2.24, 2.45) is 0 Å². The minimum atomic E-state index is 0.543. The number of halogens is 1. The van der Waals surface area contributed by atoms with Gasteiger partial charge in [-0.1, -0.05) is 24.3 Å². The molecule has 0 aliphatic rings. The van der Waals surface area contributed by atoms with Crippen molar-refractivity contribution in [2.75, 3.05) is 13.7 Å². The maximum absolute atomic E-state index is 6.02. The van der Waals surface area contributed by atoms with Gasteiger partial charge in [-0.25, -0.2) is 0 Å². The van der Waals surface area contributed by atoms with Crippen molar-refractivity contribution in [3.8, 4) is 11.5 Å². The second-order valence-electron chi connectivity index (χ2n) is 2.67. The van der Waals surface area contributed by atoms with E-state index in [0.717, 1.165) is 5.56 Å². The van der Waals surface area contributed by atoms with Crippen LogP contribution in [0.5, 0.6) is 11.5 Å². The summed E-state index contributed by atoms with van der Waals surface area (Å²) in [7, 11) is 1.58. The van der Waals surface area contributed by atoms with E-state index in [9.17, 15) is 0 Å². The monoisotopic (exact) mass is 212 g/mol. The van der Waals surface area contributed by atoms with Gasteiger partial charge in [-0.05, 0) is 24.6 Å². The molecule has 0 unspecified atom stereocenters. The molecule has 1 rings (SSSR count). The van der Waals surface area contributed by atoms with Crippen LogP contribution < -0.4 is 9.47 Å². The Kier molecular flexibility index (Phi) is 3.84. The van der Waals surface area contributed by atoms with Crippen molar-refractivity contribution < 1.29 is 9.47 Å². The lowest BCUT2D eigenvalue weighted by molar-refractivity contribution is 0.311. The number of rotatable bonds is 4. The average Bonchev–Trinajstić information content (AvgIpc) is 2.20. The summed E-state index contributed by atoms with van der Waals surface area (Å²) < 4.78 is 10.5. The average molecular weight is 213 g/mol. The minimum absolute atomic E-state index is 0.543. The molecule has 0 aliphatic carbocycles. The summed E-state index contributed by atoms with van der Waals surface area (Å²) in [4.78, 5) is 0. The van der Waals surface area contributed by atoms with Gasteiger partial charge < -0.3 is 9.47 Å². The first-order valence-corrected chi connectivity index (χ1v) is 4.73. The van der Waals surface area contributed by atoms with Gasteiger partial charge in [-0.15, -0.1) is 0 Å². The second-order valence-corrected chi connectivity index (χ2v) is 3.08. The first-order chi connectivity index (χ1) is 6.72. The fourth-order valence-electron chi connectivity index (χ4n) is 1.14. The van der Waals surface area contributed by atoms with E-state index >= 15 is 0 Å². The van der Waals surface area contributed by atoms with Crippen LogP contribution in [0.1, 0.15) is 12.5 Å². The highest BCUT2D eigenvalue weighted by molar-refractivity contribution is 6.32. The summed E-state index contributed by atoms with van der Waals surface area (Å²) >= 11 is 6.02. The van der Waals surface area contributed by atoms with E-state index in [0.29, 0.717) is 23.1 Å². The summed E-state index contributed by atoms with van der Waals surface area (Å²) in [5.41, 5.74) is 0.912. The van der Waals surface area contributed by atoms with E-state index in [2.05, 4.69) is 6.58 Å². The lowest BCUT2D eigenvalue weighted by Crippen LogP contribution is -1.96. The van der Waals surface area contributed by atoms with Crippen LogP contribution in [0.2, 0.25) is 5.02 Å². The normalized spacial score (nSPS) is 9.64. The molecule has 0 heterocycles. The predicted molar refractivity (Wildman–Crippen MR) is 59.3 cm³/mol. The molecule has 1 aromatic rings. The Morgan fingerprint density at radius 2 is 2.21 bits per heavy atom. The number of methoxy groups -OCH3 is 1. The second kappa shape index (κ2) is 4.91. The molecule has 14 heavy (non-hydrogen) atoms. The quantitative estimate of drug-likeness (QED) is 0.762. The van der Waals surface area contributed by atoms with Crippen LogP contribution in [-0.2, 0) is 0 Å². The lowest BCUT2D eigenvalue weighted by atomic mass is 10.2. The summed E-state index contributed by atoms with van der Waals surface area (Å²) in [6, 6.07) is 3.63. The van der Waals surface area contributed by atoms with Gasteiger partial charge in [0.1, 0.15) is 0 Å². The van der Waals surface area contributed by atoms with Gasteiger partial charge in [0, 0.05) is 0 Å². The van der Waals surface area contributed by atoms with Crippen LogP contribution >= 0.6 is 11.6 Å². The maximum Gasteiger partial charge on any atom is 0.179 e. The van der Waals surface area contributed by atoms with Crippen molar-refractivity contribution in [3.05, 3.63) is 29.3 Å². The topological polar surface area (TPSA) is 18.5 Å². The molecule has 0 saturated carbocycles. The van der Waals surface area contributed by atoms with Crippen LogP contribution in [0.25, 0.3) is 6.08 Å². The molecular formula is C11H13ClO2. The van der Waals surface area contributed by atoms with E-state index in [-0.39, 0.29) is 0 Å². The maximum atomic E-state index is 6.02. The molecule has 3 heteroatoms. The molecule has 0 saturated heterocycles. The molecule has 0 spiro atoms. The van der Waals surface area contributed by atoms with Crippen LogP contribution in [0.4, 0.5) is 0 Å². The first-order valence-electron chi connectivity index (χ1n) is 4.35. The molecule has 1 aromatic carbocycles. The van der Waals surface area contributed by atoms with Gasteiger partial charge in [0.15, 0.2) is 11.5 Å². The number of ether oxygens (including phenoxy) is 2. The highest BCUT2D eigenvalue weighted by Gasteiger charge is 2.09. The molecule has 0 amide bonds. The molecule has 2 nitrogen and oxygen atoms in total. The zero-order valence-electron chi connectivity index (χ0n) is 8.34. The third-order valence-electron chi connectivity index (χ3n) is 1.78. The smallest absolute Gasteiger partial charge is 0.179 e. The van der Waals surface area contributed by atoms with Crippen molar-refractivity contribution in [1.82, 2.24) is 0 Å². The van der Waals surface area contributed by atoms with E-state index in [4.69, 9.17) is 21.1 Å². The fraction of sp³-hybridized carbons (Fsp3) is 0.273. The third kappa shape index (κ3) is 2.20. The Labute approximate surface area is 89.1 Å². The Hall–Kier alpha value is -1.15. The summed E-state index contributed by atoms with van der Waals surface area (Å²) in [5, 5.41) is 0.543. The lowest BCUT2D eigenvalue weighted by Gasteiger charge is -2.11. The molecule has 0 aliphatic heterocycles. The fourth-order valence-corrected chi connectivity index (χ4v) is 1.42. The molecule has 76 valence electrons. The van der Waals surface area contributed by atoms with Crippen molar-refractivity contribution >= 4 is 17.7 Å². The van der Waals surface area contributed by atoms with Crippen molar-refractivity contribution in [1.29, 1.82) is 0 Å². The molecule has 0 fully saturated rings. The van der Waals surface area contributed by atoms with Crippen molar-refractivity contribution in [3.63, 3.8) is 0 Å². The van der Waals surface area contributed by atoms with E-state index in [1.807, 2.05) is 13.0 Å². The first kappa shape index (κ1) is 10.9. The Bertz CT molecular complexity index is 334. The Balaban J connectivity index is 3.19. The van der Waals surface area contributed by atoms with Crippen LogP contribution in [0, 0.1) is 0 Å². The van der Waals surface area contributed by atoms with E-state index in [1.54, 1.807) is 19.3 Å². The summed E-state index contributed by atoms with van der Waals surface area (Å²) in [6.07, 6.45) is 1.71. The number of hydrogen-bond donors (Lipinski definition) is 0. The molecule has 0 N–H and O–H groups in total. The Morgan fingerprint density at radius 3 is 2.71 bits per heavy atom. The number of hydrogen-bond acceptors (Lipinski definition) is 2. The molecule has 0 aromatic heterocycles. The molecular weight excluding hydrogens is 200 g/mol. The SMILES string of the molecule is C=Cc1cc(Cl)c(OCC)c(OC)c1. The van der Waals surface area contributed by atoms with Crippen LogP contribution in [0.3, 0.4) is 0 Å². The van der Waals surface area contributed by atoms with Gasteiger partial charge in [0.2, 0.25) is 0 Å². The highest BCUT2D eigenvalue weighted by Crippen LogP contribution is 2.36. The standard InChI is InChI=1S/C11H13ClO2/c1-4-8-6-9(12)11(14-5-2)10(7-8)13-3/h4,6-7H,1,5H2,2-3H3. The van der Waals surface area contributed by atoms with Crippen LogP contribution in [0.15, 0.2) is 18.7 Å². The van der Waals surface area contributed by atoms with Gasteiger partial charge in [-0.3, -0.25) is 0 Å². The van der Waals surface area contributed by atoms with Gasteiger partial charge >= 0.3 is 0 Å². The highest BCUT2D eigenvalue weighted by atomic mass is 35.5. The predicted octanol–water partition coefficient (Wildman–Crippen LogP) is 3.39. The van der Waals surface area contributed by atoms with E-state index < -0.39 is 0 Å². The molecule has 0 atom stereocenters. The summed E-state index contributed by atoms with van der Waals surface area (Å²) in [6.45, 7) is 6.13. The Morgan fingerprint density at radius 1 is 1.50 bits per heavy atom. The van der Waals surface area contributed by atoms with Crippen LogP contribution in [-0.4, -0.2) is 13.7 Å². The van der Waals surface area contributed by atoms with E-state index in [1.165, 1.54) is 0 Å². The third-order valence-corrected chi connectivity index (χ3v) is 2.06. The molecule has 0 radical (unpaired) electrons. The minimum Gasteiger partial charge on any atom is -0.493 e. The van der Waals surface area contributed by atoms with Crippen molar-refractivity contribution in [2.45, 2.75) is 6.92 Å². The van der Waals surface area contributed by atoms with Gasteiger partial charge in [0.25, 0.3) is 0 Å². The zero-order chi connectivity index (χ0) is 10.6. The van der Waals surface area contributed by atoms with Gasteiger partial charge in [-0.2, -0.15) is 0 Å².